The van der Waals surface area contributed by atoms with Crippen molar-refractivity contribution in [3.8, 4) is 0 Å². The van der Waals surface area contributed by atoms with Gasteiger partial charge in [-0.25, -0.2) is 4.98 Å². The fourth-order valence-corrected chi connectivity index (χ4v) is 2.13. The number of hydrogen-bond acceptors (Lipinski definition) is 3. The lowest BCUT2D eigenvalue weighted by molar-refractivity contribution is 0.424. The molecule has 0 aliphatic rings. The third kappa shape index (κ3) is 6.69. The first-order chi connectivity index (χ1) is 7.66. The first-order valence-corrected chi connectivity index (χ1v) is 6.86. The van der Waals surface area contributed by atoms with Crippen LogP contribution in [-0.2, 0) is 6.54 Å². The van der Waals surface area contributed by atoms with Gasteiger partial charge >= 0.3 is 0 Å². The minimum atomic E-state index is 0.152. The molecular formula is C14H24N2S. The van der Waals surface area contributed by atoms with E-state index < -0.39 is 0 Å². The third-order valence-electron chi connectivity index (χ3n) is 2.03. The maximum absolute atomic E-state index is 4.49. The smallest absolute Gasteiger partial charge is 0.0965 e. The highest BCUT2D eigenvalue weighted by Gasteiger charge is 2.13. The highest BCUT2D eigenvalue weighted by Crippen LogP contribution is 2.30. The molecule has 0 aliphatic heterocycles. The number of aromatic nitrogens is 1. The summed E-state index contributed by atoms with van der Waals surface area (Å²) in [6.07, 6.45) is 1.97. The van der Waals surface area contributed by atoms with E-state index in [0.29, 0.717) is 0 Å². The van der Waals surface area contributed by atoms with Crippen LogP contribution in [0.15, 0.2) is 23.4 Å². The zero-order valence-corrected chi connectivity index (χ0v) is 12.6. The molecule has 1 N–H and O–H groups in total. The van der Waals surface area contributed by atoms with E-state index in [9.17, 15) is 0 Å². The summed E-state index contributed by atoms with van der Waals surface area (Å²) in [5.41, 5.74) is 1.39. The molecule has 1 heterocycles. The summed E-state index contributed by atoms with van der Waals surface area (Å²) in [5, 5.41) is 4.55. The fraction of sp³-hybridized carbons (Fsp3) is 0.643. The molecule has 1 aromatic heterocycles. The zero-order chi connectivity index (χ0) is 13.1. The van der Waals surface area contributed by atoms with Crippen LogP contribution < -0.4 is 5.32 Å². The molecule has 0 unspecified atom stereocenters. The molecule has 0 aromatic carbocycles. The molecule has 0 bridgehead atoms. The topological polar surface area (TPSA) is 24.9 Å². The Kier molecular flexibility index (Phi) is 4.62. The average Bonchev–Trinajstić information content (AvgIpc) is 2.13. The van der Waals surface area contributed by atoms with Gasteiger partial charge in [-0.15, -0.1) is 11.8 Å². The minimum absolute atomic E-state index is 0.152. The molecule has 1 rings (SSSR count). The Balaban J connectivity index is 2.56. The van der Waals surface area contributed by atoms with Gasteiger partial charge in [0.15, 0.2) is 0 Å². The molecule has 0 saturated carbocycles. The van der Waals surface area contributed by atoms with Crippen molar-refractivity contribution < 1.29 is 0 Å². The Labute approximate surface area is 110 Å². The van der Waals surface area contributed by atoms with Gasteiger partial charge in [0.25, 0.3) is 0 Å². The second kappa shape index (κ2) is 5.40. The van der Waals surface area contributed by atoms with Gasteiger partial charge in [-0.2, -0.15) is 0 Å². The Morgan fingerprint density at radius 3 is 2.18 bits per heavy atom. The highest BCUT2D eigenvalue weighted by molar-refractivity contribution is 8.00. The van der Waals surface area contributed by atoms with Gasteiger partial charge in [-0.3, -0.25) is 0 Å². The minimum Gasteiger partial charge on any atom is -0.308 e. The molecule has 17 heavy (non-hydrogen) atoms. The van der Waals surface area contributed by atoms with E-state index in [4.69, 9.17) is 0 Å². The van der Waals surface area contributed by atoms with Gasteiger partial charge in [0.05, 0.1) is 5.03 Å². The van der Waals surface area contributed by atoms with E-state index in [1.54, 1.807) is 11.8 Å². The Hall–Kier alpha value is -0.540. The normalized spacial score (nSPS) is 12.8. The van der Waals surface area contributed by atoms with Crippen molar-refractivity contribution in [2.45, 2.75) is 63.4 Å². The van der Waals surface area contributed by atoms with E-state index in [0.717, 1.165) is 11.6 Å². The maximum Gasteiger partial charge on any atom is 0.0965 e. The first-order valence-electron chi connectivity index (χ1n) is 6.05. The Morgan fingerprint density at radius 2 is 1.76 bits per heavy atom. The second-order valence-electron chi connectivity index (χ2n) is 6.32. The number of nitrogens with zero attached hydrogens (tertiary/aromatic N) is 1. The van der Waals surface area contributed by atoms with Crippen molar-refractivity contribution in [1.29, 1.82) is 0 Å². The monoisotopic (exact) mass is 252 g/mol. The molecular weight excluding hydrogens is 228 g/mol. The Morgan fingerprint density at radius 1 is 1.12 bits per heavy atom. The van der Waals surface area contributed by atoms with E-state index in [1.807, 2.05) is 6.20 Å². The van der Waals surface area contributed by atoms with Crippen LogP contribution in [0.1, 0.15) is 47.1 Å². The fourth-order valence-electron chi connectivity index (χ4n) is 1.26. The number of rotatable bonds is 3. The highest BCUT2D eigenvalue weighted by atomic mass is 32.2. The number of pyridine rings is 1. The second-order valence-corrected chi connectivity index (χ2v) is 8.17. The van der Waals surface area contributed by atoms with Crippen molar-refractivity contribution in [2.75, 3.05) is 0 Å². The van der Waals surface area contributed by atoms with E-state index in [2.05, 4.69) is 64.0 Å². The van der Waals surface area contributed by atoms with Crippen LogP contribution in [0.25, 0.3) is 0 Å². The average molecular weight is 252 g/mol. The predicted molar refractivity (Wildman–Crippen MR) is 76.4 cm³/mol. The van der Waals surface area contributed by atoms with Crippen LogP contribution in [0.5, 0.6) is 0 Å². The lowest BCUT2D eigenvalue weighted by atomic mass is 10.1. The molecule has 1 aromatic rings. The van der Waals surface area contributed by atoms with Crippen LogP contribution in [-0.4, -0.2) is 15.3 Å². The van der Waals surface area contributed by atoms with Gasteiger partial charge in [-0.05, 0) is 32.4 Å². The van der Waals surface area contributed by atoms with Gasteiger partial charge in [0.2, 0.25) is 0 Å². The lowest BCUT2D eigenvalue weighted by Crippen LogP contribution is -2.35. The molecule has 3 heteroatoms. The summed E-state index contributed by atoms with van der Waals surface area (Å²) >= 11 is 1.80. The quantitative estimate of drug-likeness (QED) is 0.827. The molecule has 0 saturated heterocycles. The van der Waals surface area contributed by atoms with Crippen molar-refractivity contribution >= 4 is 11.8 Å². The van der Waals surface area contributed by atoms with Crippen molar-refractivity contribution in [3.05, 3.63) is 23.9 Å². The SMILES string of the molecule is CC(C)(C)NCc1ccc(SC(C)(C)C)nc1. The molecule has 96 valence electrons. The number of thioether (sulfide) groups is 1. The van der Waals surface area contributed by atoms with Crippen LogP contribution in [0, 0.1) is 0 Å². The van der Waals surface area contributed by atoms with Crippen molar-refractivity contribution in [1.82, 2.24) is 10.3 Å². The molecule has 0 spiro atoms. The number of nitrogens with one attached hydrogen (secondary N) is 1. The van der Waals surface area contributed by atoms with E-state index in [-0.39, 0.29) is 10.3 Å². The number of hydrogen-bond donors (Lipinski definition) is 1. The van der Waals surface area contributed by atoms with Crippen molar-refractivity contribution in [2.24, 2.45) is 0 Å². The summed E-state index contributed by atoms with van der Waals surface area (Å²) < 4.78 is 0.220. The van der Waals surface area contributed by atoms with Crippen LogP contribution in [0.4, 0.5) is 0 Å². The largest absolute Gasteiger partial charge is 0.308 e. The van der Waals surface area contributed by atoms with Crippen LogP contribution >= 0.6 is 11.8 Å². The van der Waals surface area contributed by atoms with Crippen LogP contribution in [0.2, 0.25) is 0 Å². The van der Waals surface area contributed by atoms with Gasteiger partial charge in [0, 0.05) is 23.0 Å². The zero-order valence-electron chi connectivity index (χ0n) is 11.8. The molecule has 0 aliphatic carbocycles. The van der Waals surface area contributed by atoms with Gasteiger partial charge in [-0.1, -0.05) is 26.8 Å². The summed E-state index contributed by atoms with van der Waals surface area (Å²) in [6.45, 7) is 14.0. The first kappa shape index (κ1) is 14.5. The molecule has 2 nitrogen and oxygen atoms in total. The third-order valence-corrected chi connectivity index (χ3v) is 3.09. The maximum atomic E-state index is 4.49. The van der Waals surface area contributed by atoms with E-state index >= 15 is 0 Å². The summed E-state index contributed by atoms with van der Waals surface area (Å²) in [5.74, 6) is 0. The standard InChI is InChI=1S/C14H24N2S/c1-13(2,3)16-10-11-7-8-12(15-9-11)17-14(4,5)6/h7-9,16H,10H2,1-6H3. The predicted octanol–water partition coefficient (Wildman–Crippen LogP) is 3.86. The van der Waals surface area contributed by atoms with Gasteiger partial charge in [0.1, 0.15) is 0 Å². The van der Waals surface area contributed by atoms with Crippen LogP contribution in [0.3, 0.4) is 0 Å². The lowest BCUT2D eigenvalue weighted by Gasteiger charge is -2.20. The molecule has 0 radical (unpaired) electrons. The molecule has 0 amide bonds. The van der Waals surface area contributed by atoms with Crippen molar-refractivity contribution in [3.63, 3.8) is 0 Å². The Bertz CT molecular complexity index is 344. The summed E-state index contributed by atoms with van der Waals surface area (Å²) in [7, 11) is 0. The summed E-state index contributed by atoms with van der Waals surface area (Å²) in [4.78, 5) is 4.49. The summed E-state index contributed by atoms with van der Waals surface area (Å²) in [6, 6.07) is 4.26. The van der Waals surface area contributed by atoms with Gasteiger partial charge < -0.3 is 5.32 Å². The molecule has 0 atom stereocenters. The molecule has 0 fully saturated rings. The van der Waals surface area contributed by atoms with E-state index in [1.165, 1.54) is 5.56 Å².